The van der Waals surface area contributed by atoms with Crippen LogP contribution in [0.1, 0.15) is 271 Å². The molecule has 0 aromatic carbocycles. The quantitative estimate of drug-likeness (QED) is 0.0363. The van der Waals surface area contributed by atoms with E-state index in [-0.39, 0.29) is 18.9 Å². The molecule has 0 aromatic rings. The highest BCUT2D eigenvalue weighted by molar-refractivity contribution is 5.76. The van der Waals surface area contributed by atoms with E-state index in [0.29, 0.717) is 6.42 Å². The summed E-state index contributed by atoms with van der Waals surface area (Å²) in [5.41, 5.74) is 0. The molecule has 0 aliphatic heterocycles. The lowest BCUT2D eigenvalue weighted by Crippen LogP contribution is -2.45. The van der Waals surface area contributed by atoms with Crippen LogP contribution in [0.5, 0.6) is 0 Å². The second kappa shape index (κ2) is 50.0. The Morgan fingerprint density at radius 1 is 0.417 bits per heavy atom. The average Bonchev–Trinajstić information content (AvgIpc) is 3.24. The van der Waals surface area contributed by atoms with Crippen LogP contribution in [0.2, 0.25) is 0 Å². The lowest BCUT2D eigenvalue weighted by Gasteiger charge is -2.21. The maximum atomic E-state index is 12.5. The zero-order chi connectivity index (χ0) is 43.7. The topological polar surface area (TPSA) is 89.8 Å². The molecule has 352 valence electrons. The SMILES string of the molecule is CCCCCC/C=C/CC/C=C/CC/C=C/C(O)C(CO)NC(=O)CC(O)CCCCCCCCCCCCCCCCC/C=C\CCCCCCCCCCCCCC. The second-order valence-corrected chi connectivity index (χ2v) is 18.1. The van der Waals surface area contributed by atoms with Crippen LogP contribution in [0.25, 0.3) is 0 Å². The van der Waals surface area contributed by atoms with Crippen LogP contribution < -0.4 is 5.32 Å². The first-order valence-corrected chi connectivity index (χ1v) is 26.4. The zero-order valence-corrected chi connectivity index (χ0v) is 40.1. The normalized spacial score (nSPS) is 13.8. The standard InChI is InChI=1S/C55H103NO4/c1-3-5-7-9-11-13-15-17-19-20-21-22-23-24-25-26-27-28-29-30-31-32-33-34-35-36-38-40-42-44-46-48-52(58)50-55(60)56-53(51-57)54(59)49-47-45-43-41-39-37-18-16-14-12-10-8-6-4-2/h14,16,24-25,39,41,47,49,52-54,57-59H,3-13,15,17-23,26-38,40,42-46,48,50-51H2,1-2H3,(H,56,60)/b16-14+,25-24-,41-39+,49-47+. The Balaban J connectivity index is 3.55. The van der Waals surface area contributed by atoms with E-state index in [1.165, 1.54) is 205 Å². The maximum absolute atomic E-state index is 12.5. The smallest absolute Gasteiger partial charge is 0.222 e. The van der Waals surface area contributed by atoms with Crippen molar-refractivity contribution in [1.29, 1.82) is 0 Å². The van der Waals surface area contributed by atoms with Crippen molar-refractivity contribution in [2.24, 2.45) is 0 Å². The fourth-order valence-corrected chi connectivity index (χ4v) is 8.01. The predicted molar refractivity (Wildman–Crippen MR) is 264 cm³/mol. The summed E-state index contributed by atoms with van der Waals surface area (Å²) in [6.07, 6.45) is 65.8. The lowest BCUT2D eigenvalue weighted by molar-refractivity contribution is -0.124. The van der Waals surface area contributed by atoms with Gasteiger partial charge in [-0.05, 0) is 70.6 Å². The number of hydrogen-bond donors (Lipinski definition) is 4. The molecule has 5 heteroatoms. The van der Waals surface area contributed by atoms with Crippen LogP contribution in [0, 0.1) is 0 Å². The number of carbonyl (C=O) groups is 1. The first-order chi connectivity index (χ1) is 29.5. The van der Waals surface area contributed by atoms with E-state index in [0.717, 1.165) is 38.5 Å². The maximum Gasteiger partial charge on any atom is 0.222 e. The lowest BCUT2D eigenvalue weighted by atomic mass is 10.0. The van der Waals surface area contributed by atoms with Gasteiger partial charge in [0, 0.05) is 0 Å². The van der Waals surface area contributed by atoms with Gasteiger partial charge in [0.25, 0.3) is 0 Å². The van der Waals surface area contributed by atoms with Gasteiger partial charge in [0.2, 0.25) is 5.91 Å². The monoisotopic (exact) mass is 842 g/mol. The van der Waals surface area contributed by atoms with Crippen LogP contribution >= 0.6 is 0 Å². The highest BCUT2D eigenvalue weighted by Gasteiger charge is 2.20. The largest absolute Gasteiger partial charge is 0.394 e. The molecule has 0 saturated carbocycles. The van der Waals surface area contributed by atoms with Gasteiger partial charge < -0.3 is 20.6 Å². The molecule has 0 aromatic heterocycles. The van der Waals surface area contributed by atoms with Crippen molar-refractivity contribution in [3.63, 3.8) is 0 Å². The highest BCUT2D eigenvalue weighted by atomic mass is 16.3. The molecule has 1 amide bonds. The molecule has 0 aliphatic carbocycles. The van der Waals surface area contributed by atoms with Gasteiger partial charge in [0.1, 0.15) is 0 Å². The van der Waals surface area contributed by atoms with Crippen LogP contribution in [-0.2, 0) is 4.79 Å². The molecule has 0 radical (unpaired) electrons. The van der Waals surface area contributed by atoms with E-state index in [1.54, 1.807) is 6.08 Å². The molecule has 4 N–H and O–H groups in total. The molecule has 0 bridgehead atoms. The molecule has 3 unspecified atom stereocenters. The van der Waals surface area contributed by atoms with Gasteiger partial charge in [0.15, 0.2) is 0 Å². The van der Waals surface area contributed by atoms with E-state index in [9.17, 15) is 20.1 Å². The number of aliphatic hydroxyl groups excluding tert-OH is 3. The van der Waals surface area contributed by atoms with Crippen LogP contribution in [0.4, 0.5) is 0 Å². The Kier molecular flexibility index (Phi) is 48.6. The molecule has 0 rings (SSSR count). The molecular formula is C55H103NO4. The van der Waals surface area contributed by atoms with E-state index in [2.05, 4.69) is 55.6 Å². The van der Waals surface area contributed by atoms with Gasteiger partial charge in [-0.15, -0.1) is 0 Å². The minimum Gasteiger partial charge on any atom is -0.394 e. The molecule has 0 fully saturated rings. The van der Waals surface area contributed by atoms with Gasteiger partial charge in [-0.25, -0.2) is 0 Å². The first-order valence-electron chi connectivity index (χ1n) is 26.4. The number of carbonyl (C=O) groups excluding carboxylic acids is 1. The number of allylic oxidation sites excluding steroid dienone is 7. The van der Waals surface area contributed by atoms with E-state index in [4.69, 9.17) is 0 Å². The molecule has 0 aliphatic rings. The fraction of sp³-hybridized carbons (Fsp3) is 0.836. The van der Waals surface area contributed by atoms with Gasteiger partial charge in [0.05, 0.1) is 31.3 Å². The van der Waals surface area contributed by atoms with E-state index >= 15 is 0 Å². The van der Waals surface area contributed by atoms with Gasteiger partial charge >= 0.3 is 0 Å². The van der Waals surface area contributed by atoms with Crippen molar-refractivity contribution in [1.82, 2.24) is 5.32 Å². The molecule has 5 nitrogen and oxygen atoms in total. The van der Waals surface area contributed by atoms with Crippen LogP contribution in [0.3, 0.4) is 0 Å². The summed E-state index contributed by atoms with van der Waals surface area (Å²) in [5, 5.41) is 33.3. The Morgan fingerprint density at radius 2 is 0.717 bits per heavy atom. The highest BCUT2D eigenvalue weighted by Crippen LogP contribution is 2.16. The number of rotatable bonds is 48. The third-order valence-corrected chi connectivity index (χ3v) is 12.1. The average molecular weight is 842 g/mol. The first kappa shape index (κ1) is 58.3. The number of amides is 1. The van der Waals surface area contributed by atoms with E-state index in [1.807, 2.05) is 6.08 Å². The predicted octanol–water partition coefficient (Wildman–Crippen LogP) is 16.1. The molecule has 3 atom stereocenters. The third-order valence-electron chi connectivity index (χ3n) is 12.1. The van der Waals surface area contributed by atoms with E-state index < -0.39 is 18.2 Å². The molecular weight excluding hydrogens is 739 g/mol. The van der Waals surface area contributed by atoms with Crippen molar-refractivity contribution in [2.75, 3.05) is 6.61 Å². The summed E-state index contributed by atoms with van der Waals surface area (Å²) in [5.74, 6) is -0.328. The van der Waals surface area contributed by atoms with Crippen LogP contribution in [-0.4, -0.2) is 46.1 Å². The second-order valence-electron chi connectivity index (χ2n) is 18.1. The number of nitrogens with one attached hydrogen (secondary N) is 1. The number of hydrogen-bond acceptors (Lipinski definition) is 4. The van der Waals surface area contributed by atoms with Crippen molar-refractivity contribution < 1.29 is 20.1 Å². The fourth-order valence-electron chi connectivity index (χ4n) is 8.01. The molecule has 0 saturated heterocycles. The zero-order valence-electron chi connectivity index (χ0n) is 40.1. The van der Waals surface area contributed by atoms with Gasteiger partial charge in [-0.3, -0.25) is 4.79 Å². The summed E-state index contributed by atoms with van der Waals surface area (Å²) >= 11 is 0. The van der Waals surface area contributed by atoms with Crippen molar-refractivity contribution in [3.8, 4) is 0 Å². The molecule has 0 spiro atoms. The molecule has 0 heterocycles. The minimum absolute atomic E-state index is 0.00294. The number of aliphatic hydroxyl groups is 3. The molecule has 60 heavy (non-hydrogen) atoms. The minimum atomic E-state index is -0.959. The van der Waals surface area contributed by atoms with Crippen molar-refractivity contribution >= 4 is 5.91 Å². The summed E-state index contributed by atoms with van der Waals surface area (Å²) < 4.78 is 0. The van der Waals surface area contributed by atoms with Crippen molar-refractivity contribution in [3.05, 3.63) is 48.6 Å². The summed E-state index contributed by atoms with van der Waals surface area (Å²) in [6, 6.07) is -0.767. The van der Waals surface area contributed by atoms with Crippen molar-refractivity contribution in [2.45, 2.75) is 289 Å². The van der Waals surface area contributed by atoms with Gasteiger partial charge in [-0.2, -0.15) is 0 Å². The number of unbranched alkanes of at least 4 members (excludes halogenated alkanes) is 33. The summed E-state index contributed by atoms with van der Waals surface area (Å²) in [6.45, 7) is 4.19. The van der Waals surface area contributed by atoms with Crippen LogP contribution in [0.15, 0.2) is 48.6 Å². The summed E-state index contributed by atoms with van der Waals surface area (Å²) in [4.78, 5) is 12.5. The third kappa shape index (κ3) is 45.8. The van der Waals surface area contributed by atoms with Gasteiger partial charge in [-0.1, -0.05) is 242 Å². The Hall–Kier alpha value is -1.69. The summed E-state index contributed by atoms with van der Waals surface area (Å²) in [7, 11) is 0. The Labute approximate surface area is 374 Å². The Morgan fingerprint density at radius 3 is 1.08 bits per heavy atom. The Bertz CT molecular complexity index is 974.